The van der Waals surface area contributed by atoms with Crippen molar-refractivity contribution in [2.75, 3.05) is 24.9 Å². The number of para-hydroxylation sites is 2. The van der Waals surface area contributed by atoms with Gasteiger partial charge in [0.25, 0.3) is 0 Å². The van der Waals surface area contributed by atoms with Crippen molar-refractivity contribution in [1.82, 2.24) is 9.97 Å². The zero-order valence-corrected chi connectivity index (χ0v) is 15.5. The summed E-state index contributed by atoms with van der Waals surface area (Å²) in [5, 5.41) is 7.01. The van der Waals surface area contributed by atoms with Gasteiger partial charge in [-0.3, -0.25) is 0 Å². The number of halogens is 1. The van der Waals surface area contributed by atoms with Gasteiger partial charge in [0.2, 0.25) is 5.95 Å². The Hall–Kier alpha value is -2.99. The number of methoxy groups -OCH3 is 2. The van der Waals surface area contributed by atoms with E-state index in [4.69, 9.17) is 21.1 Å². The molecule has 0 atom stereocenters. The van der Waals surface area contributed by atoms with E-state index in [9.17, 15) is 0 Å². The summed E-state index contributed by atoms with van der Waals surface area (Å²) in [5.74, 6) is 2.46. The van der Waals surface area contributed by atoms with Crippen molar-refractivity contribution in [3.05, 3.63) is 59.2 Å². The van der Waals surface area contributed by atoms with Crippen LogP contribution in [0.2, 0.25) is 5.02 Å². The number of rotatable bonds is 6. The summed E-state index contributed by atoms with van der Waals surface area (Å²) in [6.45, 7) is 1.90. The number of aromatic nitrogens is 2. The Balaban J connectivity index is 1.90. The molecule has 2 aromatic carbocycles. The van der Waals surface area contributed by atoms with E-state index < -0.39 is 0 Å². The second kappa shape index (κ2) is 7.93. The van der Waals surface area contributed by atoms with E-state index in [-0.39, 0.29) is 0 Å². The number of hydrogen-bond acceptors (Lipinski definition) is 6. The molecule has 0 spiro atoms. The molecule has 3 aromatic rings. The summed E-state index contributed by atoms with van der Waals surface area (Å²) in [6.07, 6.45) is 0. The number of nitrogens with one attached hydrogen (secondary N) is 2. The van der Waals surface area contributed by atoms with Crippen LogP contribution in [0.3, 0.4) is 0 Å². The maximum atomic E-state index is 6.08. The van der Waals surface area contributed by atoms with Crippen LogP contribution in [0.15, 0.2) is 48.5 Å². The molecular formula is C19H19ClN4O2. The Kier molecular flexibility index (Phi) is 5.43. The van der Waals surface area contributed by atoms with Gasteiger partial charge in [-0.15, -0.1) is 0 Å². The average molecular weight is 371 g/mol. The normalized spacial score (nSPS) is 10.3. The number of benzene rings is 2. The molecule has 0 fully saturated rings. The highest BCUT2D eigenvalue weighted by molar-refractivity contribution is 6.31. The minimum atomic E-state index is 0.433. The van der Waals surface area contributed by atoms with Crippen molar-refractivity contribution in [3.8, 4) is 11.5 Å². The molecule has 0 saturated carbocycles. The number of ether oxygens (including phenoxy) is 2. The van der Waals surface area contributed by atoms with Gasteiger partial charge >= 0.3 is 0 Å². The van der Waals surface area contributed by atoms with Crippen LogP contribution < -0.4 is 20.1 Å². The van der Waals surface area contributed by atoms with E-state index in [1.54, 1.807) is 32.4 Å². The van der Waals surface area contributed by atoms with E-state index in [2.05, 4.69) is 20.6 Å². The zero-order valence-electron chi connectivity index (χ0n) is 14.7. The second-order valence-corrected chi connectivity index (χ2v) is 5.95. The first-order valence-electron chi connectivity index (χ1n) is 7.95. The molecule has 0 saturated heterocycles. The smallest absolute Gasteiger partial charge is 0.229 e. The molecule has 0 radical (unpaired) electrons. The lowest BCUT2D eigenvalue weighted by atomic mass is 10.3. The van der Waals surface area contributed by atoms with Gasteiger partial charge in [-0.1, -0.05) is 23.7 Å². The standard InChI is InChI=1S/C19H19ClN4O2/c1-12-10-18(22-14-6-4-5-7-16(14)25-2)24-19(21-12)23-15-11-13(20)8-9-17(15)26-3/h4-11H,1-3H3,(H2,21,22,23,24). The molecule has 0 aliphatic carbocycles. The Morgan fingerprint density at radius 3 is 2.35 bits per heavy atom. The number of anilines is 4. The Morgan fingerprint density at radius 2 is 1.58 bits per heavy atom. The third-order valence-corrected chi connectivity index (χ3v) is 3.87. The van der Waals surface area contributed by atoms with Crippen molar-refractivity contribution in [2.45, 2.75) is 6.92 Å². The molecule has 26 heavy (non-hydrogen) atoms. The van der Waals surface area contributed by atoms with Gasteiger partial charge in [-0.05, 0) is 37.3 Å². The van der Waals surface area contributed by atoms with Crippen molar-refractivity contribution >= 4 is 34.7 Å². The van der Waals surface area contributed by atoms with Crippen LogP contribution in [0.1, 0.15) is 5.69 Å². The van der Waals surface area contributed by atoms with Crippen LogP contribution in [-0.4, -0.2) is 24.2 Å². The average Bonchev–Trinajstić information content (AvgIpc) is 2.62. The van der Waals surface area contributed by atoms with E-state index in [1.807, 2.05) is 37.3 Å². The van der Waals surface area contributed by atoms with Gasteiger partial charge in [0, 0.05) is 16.8 Å². The van der Waals surface area contributed by atoms with Crippen LogP contribution in [0.25, 0.3) is 0 Å². The maximum Gasteiger partial charge on any atom is 0.229 e. The number of nitrogens with zero attached hydrogens (tertiary/aromatic N) is 2. The highest BCUT2D eigenvalue weighted by atomic mass is 35.5. The fourth-order valence-electron chi connectivity index (χ4n) is 2.47. The quantitative estimate of drug-likeness (QED) is 0.640. The molecule has 1 aromatic heterocycles. The molecule has 0 unspecified atom stereocenters. The first kappa shape index (κ1) is 17.8. The van der Waals surface area contributed by atoms with E-state index in [0.717, 1.165) is 17.1 Å². The van der Waals surface area contributed by atoms with Crippen molar-refractivity contribution in [1.29, 1.82) is 0 Å². The number of hydrogen-bond donors (Lipinski definition) is 2. The van der Waals surface area contributed by atoms with Gasteiger partial charge < -0.3 is 20.1 Å². The Labute approximate surface area is 157 Å². The highest BCUT2D eigenvalue weighted by Gasteiger charge is 2.09. The molecule has 0 aliphatic heterocycles. The predicted octanol–water partition coefficient (Wildman–Crippen LogP) is 4.94. The summed E-state index contributed by atoms with van der Waals surface area (Å²) in [5.41, 5.74) is 2.31. The third-order valence-electron chi connectivity index (χ3n) is 3.63. The molecule has 134 valence electrons. The van der Waals surface area contributed by atoms with Crippen LogP contribution in [0.4, 0.5) is 23.1 Å². The summed E-state index contributed by atoms with van der Waals surface area (Å²) < 4.78 is 10.7. The monoisotopic (exact) mass is 370 g/mol. The molecule has 6 nitrogen and oxygen atoms in total. The van der Waals surface area contributed by atoms with Crippen molar-refractivity contribution in [2.24, 2.45) is 0 Å². The van der Waals surface area contributed by atoms with Gasteiger partial charge in [0.05, 0.1) is 25.6 Å². The lowest BCUT2D eigenvalue weighted by molar-refractivity contribution is 0.417. The minimum absolute atomic E-state index is 0.433. The minimum Gasteiger partial charge on any atom is -0.495 e. The molecular weight excluding hydrogens is 352 g/mol. The molecule has 7 heteroatoms. The zero-order chi connectivity index (χ0) is 18.5. The van der Waals surface area contributed by atoms with E-state index >= 15 is 0 Å². The Bertz CT molecular complexity index is 918. The van der Waals surface area contributed by atoms with Gasteiger partial charge in [-0.25, -0.2) is 4.98 Å². The van der Waals surface area contributed by atoms with E-state index in [1.165, 1.54) is 0 Å². The summed E-state index contributed by atoms with van der Waals surface area (Å²) in [7, 11) is 3.23. The fraction of sp³-hybridized carbons (Fsp3) is 0.158. The molecule has 0 bridgehead atoms. The van der Waals surface area contributed by atoms with Crippen LogP contribution in [0, 0.1) is 6.92 Å². The molecule has 2 N–H and O–H groups in total. The second-order valence-electron chi connectivity index (χ2n) is 5.51. The highest BCUT2D eigenvalue weighted by Crippen LogP contribution is 2.31. The van der Waals surface area contributed by atoms with Crippen LogP contribution in [0.5, 0.6) is 11.5 Å². The SMILES string of the molecule is COc1ccccc1Nc1cc(C)nc(Nc2cc(Cl)ccc2OC)n1. The first-order chi connectivity index (χ1) is 12.6. The van der Waals surface area contributed by atoms with Crippen molar-refractivity contribution < 1.29 is 9.47 Å². The molecule has 0 amide bonds. The maximum absolute atomic E-state index is 6.08. The third kappa shape index (κ3) is 4.15. The van der Waals surface area contributed by atoms with E-state index in [0.29, 0.717) is 28.2 Å². The molecule has 3 rings (SSSR count). The summed E-state index contributed by atoms with van der Waals surface area (Å²) >= 11 is 6.08. The summed E-state index contributed by atoms with van der Waals surface area (Å²) in [4.78, 5) is 8.94. The lowest BCUT2D eigenvalue weighted by Gasteiger charge is -2.13. The van der Waals surface area contributed by atoms with Gasteiger partial charge in [0.15, 0.2) is 0 Å². The molecule has 1 heterocycles. The molecule has 0 aliphatic rings. The Morgan fingerprint density at radius 1 is 0.846 bits per heavy atom. The summed E-state index contributed by atoms with van der Waals surface area (Å²) in [6, 6.07) is 14.8. The lowest BCUT2D eigenvalue weighted by Crippen LogP contribution is -2.04. The van der Waals surface area contributed by atoms with Crippen LogP contribution in [-0.2, 0) is 0 Å². The largest absolute Gasteiger partial charge is 0.495 e. The fourth-order valence-corrected chi connectivity index (χ4v) is 2.64. The number of aryl methyl sites for hydroxylation is 1. The van der Waals surface area contributed by atoms with Gasteiger partial charge in [-0.2, -0.15) is 4.98 Å². The van der Waals surface area contributed by atoms with Crippen molar-refractivity contribution in [3.63, 3.8) is 0 Å². The van der Waals surface area contributed by atoms with Gasteiger partial charge in [0.1, 0.15) is 17.3 Å². The predicted molar refractivity (Wildman–Crippen MR) is 104 cm³/mol. The first-order valence-corrected chi connectivity index (χ1v) is 8.33. The van der Waals surface area contributed by atoms with Crippen LogP contribution >= 0.6 is 11.6 Å². The topological polar surface area (TPSA) is 68.3 Å².